The van der Waals surface area contributed by atoms with Crippen molar-refractivity contribution in [3.63, 3.8) is 0 Å². The Labute approximate surface area is 97.8 Å². The molecule has 0 aromatic rings. The van der Waals surface area contributed by atoms with Gasteiger partial charge in [-0.2, -0.15) is 0 Å². The summed E-state index contributed by atoms with van der Waals surface area (Å²) in [4.78, 5) is 2.34. The molecule has 0 spiro atoms. The first-order chi connectivity index (χ1) is 7.74. The molecule has 2 N–H and O–H groups in total. The Kier molecular flexibility index (Phi) is 6.23. The lowest BCUT2D eigenvalue weighted by atomic mass is 10.2. The number of hydrogen-bond donors (Lipinski definition) is 1. The van der Waals surface area contributed by atoms with E-state index in [2.05, 4.69) is 4.90 Å². The molecule has 0 saturated carbocycles. The molecule has 3 unspecified atom stereocenters. The Balaban J connectivity index is 2.29. The lowest BCUT2D eigenvalue weighted by Gasteiger charge is -2.19. The lowest BCUT2D eigenvalue weighted by Crippen LogP contribution is -2.30. The van der Waals surface area contributed by atoms with E-state index in [9.17, 15) is 0 Å². The van der Waals surface area contributed by atoms with E-state index in [0.29, 0.717) is 6.54 Å². The first-order valence-corrected chi connectivity index (χ1v) is 5.76. The summed E-state index contributed by atoms with van der Waals surface area (Å²) in [6.07, 6.45) is 1.48. The number of ether oxygens (including phenoxy) is 3. The Hall–Kier alpha value is -0.200. The molecule has 3 atom stereocenters. The zero-order chi connectivity index (χ0) is 12.0. The van der Waals surface area contributed by atoms with E-state index in [1.165, 1.54) is 0 Å². The first-order valence-electron chi connectivity index (χ1n) is 5.76. The van der Waals surface area contributed by atoms with Crippen molar-refractivity contribution in [1.29, 1.82) is 0 Å². The predicted octanol–water partition coefficient (Wildman–Crippen LogP) is -0.304. The number of hydrogen-bond acceptors (Lipinski definition) is 5. The van der Waals surface area contributed by atoms with Crippen LogP contribution in [-0.2, 0) is 14.2 Å². The zero-order valence-electron chi connectivity index (χ0n) is 10.5. The van der Waals surface area contributed by atoms with Gasteiger partial charge in [-0.15, -0.1) is 0 Å². The minimum absolute atomic E-state index is 0.155. The van der Waals surface area contributed by atoms with Gasteiger partial charge in [0.15, 0.2) is 0 Å². The van der Waals surface area contributed by atoms with E-state index in [1.807, 2.05) is 0 Å². The third kappa shape index (κ3) is 3.68. The largest absolute Gasteiger partial charge is 0.380 e. The van der Waals surface area contributed by atoms with Crippen LogP contribution in [0.2, 0.25) is 0 Å². The van der Waals surface area contributed by atoms with Gasteiger partial charge in [-0.3, -0.25) is 4.90 Å². The standard InChI is InChI=1S/C11H24N2O3/c1-14-9(6-12)4-5-13-7-10(15-2)11(8-13)16-3/h9-11H,4-8,12H2,1-3H3. The van der Waals surface area contributed by atoms with Gasteiger partial charge in [-0.25, -0.2) is 0 Å². The normalized spacial score (nSPS) is 28.5. The molecule has 5 heteroatoms. The van der Waals surface area contributed by atoms with Gasteiger partial charge in [-0.05, 0) is 6.42 Å². The van der Waals surface area contributed by atoms with Gasteiger partial charge in [-0.1, -0.05) is 0 Å². The van der Waals surface area contributed by atoms with E-state index in [4.69, 9.17) is 19.9 Å². The molecule has 96 valence electrons. The fourth-order valence-corrected chi connectivity index (χ4v) is 2.11. The summed E-state index contributed by atoms with van der Waals surface area (Å²) in [6.45, 7) is 3.41. The number of rotatable bonds is 7. The van der Waals surface area contributed by atoms with Crippen molar-refractivity contribution in [1.82, 2.24) is 4.90 Å². The van der Waals surface area contributed by atoms with Crippen molar-refractivity contribution in [2.45, 2.75) is 24.7 Å². The second-order valence-corrected chi connectivity index (χ2v) is 4.19. The van der Waals surface area contributed by atoms with Gasteiger partial charge in [0, 0.05) is 47.5 Å². The topological polar surface area (TPSA) is 57.0 Å². The van der Waals surface area contributed by atoms with E-state index in [0.717, 1.165) is 26.1 Å². The van der Waals surface area contributed by atoms with Crippen molar-refractivity contribution in [2.24, 2.45) is 5.73 Å². The maximum atomic E-state index is 5.58. The van der Waals surface area contributed by atoms with Gasteiger partial charge in [0.25, 0.3) is 0 Å². The van der Waals surface area contributed by atoms with Crippen molar-refractivity contribution in [2.75, 3.05) is 47.5 Å². The van der Waals surface area contributed by atoms with Gasteiger partial charge in [0.1, 0.15) is 0 Å². The van der Waals surface area contributed by atoms with Crippen LogP contribution >= 0.6 is 0 Å². The summed E-state index contributed by atoms with van der Waals surface area (Å²) < 4.78 is 16.0. The van der Waals surface area contributed by atoms with E-state index in [1.54, 1.807) is 21.3 Å². The second-order valence-electron chi connectivity index (χ2n) is 4.19. The maximum absolute atomic E-state index is 5.58. The Morgan fingerprint density at radius 3 is 2.12 bits per heavy atom. The fourth-order valence-electron chi connectivity index (χ4n) is 2.11. The molecular formula is C11H24N2O3. The van der Waals surface area contributed by atoms with Crippen molar-refractivity contribution in [3.8, 4) is 0 Å². The summed E-state index contributed by atoms with van der Waals surface area (Å²) in [5.41, 5.74) is 5.58. The van der Waals surface area contributed by atoms with Crippen LogP contribution in [0, 0.1) is 0 Å². The van der Waals surface area contributed by atoms with Crippen LogP contribution in [0.3, 0.4) is 0 Å². The summed E-state index contributed by atoms with van der Waals surface area (Å²) in [5.74, 6) is 0. The third-order valence-corrected chi connectivity index (χ3v) is 3.26. The maximum Gasteiger partial charge on any atom is 0.0971 e. The number of methoxy groups -OCH3 is 3. The van der Waals surface area contributed by atoms with Crippen LogP contribution in [0.1, 0.15) is 6.42 Å². The average molecular weight is 232 g/mol. The highest BCUT2D eigenvalue weighted by molar-refractivity contribution is 4.85. The molecule has 1 aliphatic rings. The zero-order valence-corrected chi connectivity index (χ0v) is 10.5. The van der Waals surface area contributed by atoms with E-state index in [-0.39, 0.29) is 18.3 Å². The summed E-state index contributed by atoms with van der Waals surface area (Å²) in [6, 6.07) is 0. The number of nitrogens with zero attached hydrogens (tertiary/aromatic N) is 1. The second kappa shape index (κ2) is 7.19. The molecule has 0 aromatic carbocycles. The molecule has 0 aliphatic carbocycles. The smallest absolute Gasteiger partial charge is 0.0971 e. The highest BCUT2D eigenvalue weighted by Gasteiger charge is 2.32. The summed E-state index contributed by atoms with van der Waals surface area (Å²) in [7, 11) is 5.17. The Morgan fingerprint density at radius 1 is 1.19 bits per heavy atom. The van der Waals surface area contributed by atoms with Gasteiger partial charge >= 0.3 is 0 Å². The molecule has 1 rings (SSSR count). The Morgan fingerprint density at radius 2 is 1.75 bits per heavy atom. The monoisotopic (exact) mass is 232 g/mol. The van der Waals surface area contributed by atoms with Crippen LogP contribution in [0.25, 0.3) is 0 Å². The highest BCUT2D eigenvalue weighted by atomic mass is 16.5. The lowest BCUT2D eigenvalue weighted by molar-refractivity contribution is -0.00461. The van der Waals surface area contributed by atoms with Crippen LogP contribution in [-0.4, -0.2) is 70.7 Å². The molecule has 1 aliphatic heterocycles. The fraction of sp³-hybridized carbons (Fsp3) is 1.00. The van der Waals surface area contributed by atoms with Gasteiger partial charge in [0.2, 0.25) is 0 Å². The third-order valence-electron chi connectivity index (χ3n) is 3.26. The molecule has 0 aromatic heterocycles. The molecule has 1 fully saturated rings. The minimum Gasteiger partial charge on any atom is -0.380 e. The molecule has 0 radical (unpaired) electrons. The molecule has 1 heterocycles. The summed E-state index contributed by atoms with van der Waals surface area (Å²) in [5, 5.41) is 0. The number of likely N-dealkylation sites (tertiary alicyclic amines) is 1. The molecule has 0 amide bonds. The molecule has 1 saturated heterocycles. The summed E-state index contributed by atoms with van der Waals surface area (Å²) >= 11 is 0. The van der Waals surface area contributed by atoms with Gasteiger partial charge in [0.05, 0.1) is 18.3 Å². The molecule has 5 nitrogen and oxygen atoms in total. The molecule has 0 bridgehead atoms. The van der Waals surface area contributed by atoms with E-state index >= 15 is 0 Å². The quantitative estimate of drug-likeness (QED) is 0.653. The molecule has 16 heavy (non-hydrogen) atoms. The van der Waals surface area contributed by atoms with Crippen molar-refractivity contribution >= 4 is 0 Å². The highest BCUT2D eigenvalue weighted by Crippen LogP contribution is 2.16. The van der Waals surface area contributed by atoms with Crippen molar-refractivity contribution < 1.29 is 14.2 Å². The first kappa shape index (κ1) is 13.9. The number of nitrogens with two attached hydrogens (primary N) is 1. The SMILES string of the molecule is COC(CN)CCN1CC(OC)C(OC)C1. The van der Waals surface area contributed by atoms with Crippen LogP contribution in [0.4, 0.5) is 0 Å². The molecular weight excluding hydrogens is 208 g/mol. The van der Waals surface area contributed by atoms with Crippen LogP contribution in [0.5, 0.6) is 0 Å². The van der Waals surface area contributed by atoms with E-state index < -0.39 is 0 Å². The Bertz CT molecular complexity index is 176. The average Bonchev–Trinajstić information content (AvgIpc) is 2.73. The van der Waals surface area contributed by atoms with Gasteiger partial charge < -0.3 is 19.9 Å². The predicted molar refractivity (Wildman–Crippen MR) is 62.5 cm³/mol. The minimum atomic E-state index is 0.155. The van der Waals surface area contributed by atoms with Crippen molar-refractivity contribution in [3.05, 3.63) is 0 Å². The van der Waals surface area contributed by atoms with Crippen LogP contribution in [0.15, 0.2) is 0 Å². The van der Waals surface area contributed by atoms with Crippen LogP contribution < -0.4 is 5.73 Å².